The molecule has 2 aromatic carbocycles. The molecule has 0 fully saturated rings. The Morgan fingerprint density at radius 2 is 1.45 bits per heavy atom. The highest BCUT2D eigenvalue weighted by molar-refractivity contribution is 5.77. The third-order valence-electron chi connectivity index (χ3n) is 5.00. The summed E-state index contributed by atoms with van der Waals surface area (Å²) in [5.41, 5.74) is 7.62. The summed E-state index contributed by atoms with van der Waals surface area (Å²) < 4.78 is 0. The van der Waals surface area contributed by atoms with Crippen molar-refractivity contribution in [1.29, 1.82) is 0 Å². The maximum Gasteiger partial charge on any atom is -0.00107 e. The van der Waals surface area contributed by atoms with Crippen molar-refractivity contribution in [2.75, 3.05) is 0 Å². The summed E-state index contributed by atoms with van der Waals surface area (Å²) in [4.78, 5) is 0. The molecule has 0 aromatic heterocycles. The van der Waals surface area contributed by atoms with Gasteiger partial charge in [0.25, 0.3) is 0 Å². The summed E-state index contributed by atoms with van der Waals surface area (Å²) in [5, 5.41) is 0. The van der Waals surface area contributed by atoms with Gasteiger partial charge in [-0.3, -0.25) is 0 Å². The molecule has 0 heterocycles. The Labute approximate surface area is 135 Å². The van der Waals surface area contributed by atoms with E-state index < -0.39 is 0 Å². The fourth-order valence-electron chi connectivity index (χ4n) is 3.73. The summed E-state index contributed by atoms with van der Waals surface area (Å²) in [6.45, 7) is 2.29. The van der Waals surface area contributed by atoms with Gasteiger partial charge in [-0.25, -0.2) is 0 Å². The molecule has 0 radical (unpaired) electrons. The zero-order valence-electron chi connectivity index (χ0n) is 13.9. The second kappa shape index (κ2) is 7.63. The smallest absolute Gasteiger partial charge is 0.00107 e. The van der Waals surface area contributed by atoms with E-state index in [1.807, 2.05) is 0 Å². The van der Waals surface area contributed by atoms with Gasteiger partial charge >= 0.3 is 0 Å². The highest BCUT2D eigenvalue weighted by atomic mass is 14.2. The van der Waals surface area contributed by atoms with Gasteiger partial charge in [-0.05, 0) is 47.1 Å². The van der Waals surface area contributed by atoms with E-state index >= 15 is 0 Å². The second-order valence-electron chi connectivity index (χ2n) is 6.65. The van der Waals surface area contributed by atoms with Crippen molar-refractivity contribution in [3.8, 4) is 11.1 Å². The first-order valence-corrected chi connectivity index (χ1v) is 9.09. The molecule has 2 aromatic rings. The van der Waals surface area contributed by atoms with Crippen LogP contribution in [0.15, 0.2) is 42.5 Å². The largest absolute Gasteiger partial charge is 0.0654 e. The molecular formula is C22H28. The maximum absolute atomic E-state index is 2.35. The Balaban J connectivity index is 1.56. The van der Waals surface area contributed by atoms with Crippen molar-refractivity contribution in [3.63, 3.8) is 0 Å². The molecule has 0 heteroatoms. The monoisotopic (exact) mass is 292 g/mol. The first-order valence-electron chi connectivity index (χ1n) is 9.09. The van der Waals surface area contributed by atoms with Crippen LogP contribution in [-0.4, -0.2) is 0 Å². The minimum absolute atomic E-state index is 1.14. The van der Waals surface area contributed by atoms with E-state index in [2.05, 4.69) is 49.4 Å². The predicted octanol–water partition coefficient (Wildman–Crippen LogP) is 6.55. The second-order valence-corrected chi connectivity index (χ2v) is 6.65. The predicted molar refractivity (Wildman–Crippen MR) is 96.4 cm³/mol. The fraction of sp³-hybridized carbons (Fsp3) is 0.455. The van der Waals surface area contributed by atoms with Crippen molar-refractivity contribution in [2.24, 2.45) is 0 Å². The van der Waals surface area contributed by atoms with Crippen LogP contribution in [0.4, 0.5) is 0 Å². The number of rotatable bonds is 8. The normalized spacial score (nSPS) is 12.2. The number of unbranched alkanes of at least 4 members (excludes halogenated alkanes) is 6. The number of benzene rings is 2. The Bertz CT molecular complexity index is 609. The van der Waals surface area contributed by atoms with Crippen LogP contribution in [-0.2, 0) is 12.8 Å². The Hall–Kier alpha value is -1.56. The van der Waals surface area contributed by atoms with E-state index in [4.69, 9.17) is 0 Å². The average Bonchev–Trinajstić information content (AvgIpc) is 2.93. The summed E-state index contributed by atoms with van der Waals surface area (Å²) in [5.74, 6) is 0. The molecule has 0 N–H and O–H groups in total. The molecule has 0 aliphatic heterocycles. The average molecular weight is 292 g/mol. The summed E-state index contributed by atoms with van der Waals surface area (Å²) >= 11 is 0. The van der Waals surface area contributed by atoms with Crippen molar-refractivity contribution >= 4 is 0 Å². The van der Waals surface area contributed by atoms with Crippen molar-refractivity contribution < 1.29 is 0 Å². The highest BCUT2D eigenvalue weighted by Crippen LogP contribution is 2.38. The Morgan fingerprint density at radius 3 is 2.32 bits per heavy atom. The molecule has 0 saturated heterocycles. The van der Waals surface area contributed by atoms with Crippen LogP contribution in [0.1, 0.15) is 68.6 Å². The molecule has 0 saturated carbocycles. The molecule has 116 valence electrons. The summed E-state index contributed by atoms with van der Waals surface area (Å²) in [7, 11) is 0. The summed E-state index contributed by atoms with van der Waals surface area (Å²) in [6.07, 6.45) is 12.1. The van der Waals surface area contributed by atoms with Crippen LogP contribution in [0.2, 0.25) is 0 Å². The quantitative estimate of drug-likeness (QED) is 0.413. The summed E-state index contributed by atoms with van der Waals surface area (Å²) in [6, 6.07) is 15.8. The van der Waals surface area contributed by atoms with Crippen LogP contribution >= 0.6 is 0 Å². The molecule has 0 spiro atoms. The lowest BCUT2D eigenvalue weighted by Crippen LogP contribution is -1.93. The van der Waals surface area contributed by atoms with Crippen LogP contribution in [0.5, 0.6) is 0 Å². The van der Waals surface area contributed by atoms with Crippen molar-refractivity contribution in [3.05, 3.63) is 59.2 Å². The molecule has 0 nitrogen and oxygen atoms in total. The molecule has 0 amide bonds. The molecule has 22 heavy (non-hydrogen) atoms. The van der Waals surface area contributed by atoms with Gasteiger partial charge < -0.3 is 0 Å². The minimum atomic E-state index is 1.14. The minimum Gasteiger partial charge on any atom is -0.0654 e. The van der Waals surface area contributed by atoms with Crippen LogP contribution in [0, 0.1) is 0 Å². The standard InChI is InChI=1S/C22H28/c1-2-3-4-5-6-7-8-12-18-14-11-16-21-20-15-10-9-13-19(20)17-22(18)21/h9-11,13-16H,2-8,12,17H2,1H3. The number of hydrogen-bond donors (Lipinski definition) is 0. The van der Waals surface area contributed by atoms with E-state index in [1.54, 1.807) is 11.1 Å². The Morgan fingerprint density at radius 1 is 0.727 bits per heavy atom. The first-order chi connectivity index (χ1) is 10.9. The third kappa shape index (κ3) is 3.43. The maximum atomic E-state index is 2.35. The van der Waals surface area contributed by atoms with Crippen LogP contribution in [0.3, 0.4) is 0 Å². The fourth-order valence-corrected chi connectivity index (χ4v) is 3.73. The van der Waals surface area contributed by atoms with E-state index in [9.17, 15) is 0 Å². The lowest BCUT2D eigenvalue weighted by molar-refractivity contribution is 0.589. The molecule has 1 aliphatic rings. The van der Waals surface area contributed by atoms with E-state index in [1.165, 1.54) is 68.1 Å². The van der Waals surface area contributed by atoms with Gasteiger partial charge in [0.2, 0.25) is 0 Å². The molecule has 0 unspecified atom stereocenters. The van der Waals surface area contributed by atoms with Gasteiger partial charge in [0, 0.05) is 0 Å². The van der Waals surface area contributed by atoms with Crippen LogP contribution < -0.4 is 0 Å². The van der Waals surface area contributed by atoms with Crippen molar-refractivity contribution in [1.82, 2.24) is 0 Å². The molecule has 0 bridgehead atoms. The van der Waals surface area contributed by atoms with Gasteiger partial charge in [-0.2, -0.15) is 0 Å². The number of hydrogen-bond acceptors (Lipinski definition) is 0. The van der Waals surface area contributed by atoms with Crippen LogP contribution in [0.25, 0.3) is 11.1 Å². The van der Waals surface area contributed by atoms with Gasteiger partial charge in [0.15, 0.2) is 0 Å². The lowest BCUT2D eigenvalue weighted by atomic mass is 9.96. The molecular weight excluding hydrogens is 264 g/mol. The first kappa shape index (κ1) is 15.3. The third-order valence-corrected chi connectivity index (χ3v) is 5.00. The van der Waals surface area contributed by atoms with E-state index in [0.29, 0.717) is 0 Å². The zero-order chi connectivity index (χ0) is 15.2. The van der Waals surface area contributed by atoms with Gasteiger partial charge in [-0.1, -0.05) is 87.9 Å². The SMILES string of the molecule is CCCCCCCCCc1cccc2c1Cc1ccccc1-2. The van der Waals surface area contributed by atoms with Gasteiger partial charge in [0.05, 0.1) is 0 Å². The van der Waals surface area contributed by atoms with Crippen molar-refractivity contribution in [2.45, 2.75) is 64.7 Å². The molecule has 3 rings (SSSR count). The van der Waals surface area contributed by atoms with Gasteiger partial charge in [0.1, 0.15) is 0 Å². The number of aryl methyl sites for hydroxylation is 1. The van der Waals surface area contributed by atoms with E-state index in [-0.39, 0.29) is 0 Å². The lowest BCUT2D eigenvalue weighted by Gasteiger charge is -2.08. The Kier molecular flexibility index (Phi) is 5.32. The molecule has 1 aliphatic carbocycles. The number of fused-ring (bicyclic) bond motifs is 3. The molecule has 0 atom stereocenters. The topological polar surface area (TPSA) is 0 Å². The van der Waals surface area contributed by atoms with E-state index in [0.717, 1.165) is 6.42 Å². The zero-order valence-corrected chi connectivity index (χ0v) is 13.9. The highest BCUT2D eigenvalue weighted by Gasteiger charge is 2.19. The van der Waals surface area contributed by atoms with Gasteiger partial charge in [-0.15, -0.1) is 0 Å².